The van der Waals surface area contributed by atoms with Crippen LogP contribution < -0.4 is 5.32 Å². The zero-order valence-corrected chi connectivity index (χ0v) is 12.1. The molecule has 2 rings (SSSR count). The van der Waals surface area contributed by atoms with Gasteiger partial charge in [0.2, 0.25) is 0 Å². The zero-order valence-electron chi connectivity index (χ0n) is 11.3. The first-order valence-corrected chi connectivity index (χ1v) is 7.29. The number of hydrogen-bond donors (Lipinski definition) is 2. The molecule has 0 atom stereocenters. The Kier molecular flexibility index (Phi) is 5.15. The van der Waals surface area contributed by atoms with Crippen molar-refractivity contribution in [2.24, 2.45) is 0 Å². The lowest BCUT2D eigenvalue weighted by molar-refractivity contribution is 0.0697. The number of hydrogen-bond acceptors (Lipinski definition) is 4. The van der Waals surface area contributed by atoms with Crippen LogP contribution in [-0.4, -0.2) is 17.7 Å². The standard InChI is InChI=1S/C15H17NO3S/c1-2-19-9-11-5-3-4-6-14(11)16-8-13-7-12(10-20-13)15(17)18/h3-7,10,16H,2,8-9H2,1H3,(H,17,18). The normalized spacial score (nSPS) is 10.4. The summed E-state index contributed by atoms with van der Waals surface area (Å²) < 4.78 is 5.43. The molecule has 2 N–H and O–H groups in total. The zero-order chi connectivity index (χ0) is 14.4. The number of ether oxygens (including phenoxy) is 1. The van der Waals surface area contributed by atoms with Crippen LogP contribution in [0.15, 0.2) is 35.7 Å². The minimum absolute atomic E-state index is 0.342. The number of thiophene rings is 1. The molecule has 1 aromatic heterocycles. The lowest BCUT2D eigenvalue weighted by Gasteiger charge is -2.11. The Bertz CT molecular complexity index is 580. The van der Waals surface area contributed by atoms with E-state index < -0.39 is 5.97 Å². The smallest absolute Gasteiger partial charge is 0.336 e. The molecule has 0 saturated carbocycles. The molecule has 5 heteroatoms. The molecule has 0 fully saturated rings. The van der Waals surface area contributed by atoms with Gasteiger partial charge in [-0.1, -0.05) is 18.2 Å². The van der Waals surface area contributed by atoms with Gasteiger partial charge in [0.25, 0.3) is 0 Å². The summed E-state index contributed by atoms with van der Waals surface area (Å²) in [5.74, 6) is -0.885. The molecule has 0 bridgehead atoms. The largest absolute Gasteiger partial charge is 0.478 e. The highest BCUT2D eigenvalue weighted by Gasteiger charge is 2.07. The summed E-state index contributed by atoms with van der Waals surface area (Å²) in [6.45, 7) is 3.84. The quantitative estimate of drug-likeness (QED) is 0.818. The highest BCUT2D eigenvalue weighted by Crippen LogP contribution is 2.20. The van der Waals surface area contributed by atoms with E-state index in [1.165, 1.54) is 11.3 Å². The van der Waals surface area contributed by atoms with Gasteiger partial charge in [0.1, 0.15) is 0 Å². The molecule has 0 aliphatic rings. The highest BCUT2D eigenvalue weighted by molar-refractivity contribution is 7.10. The molecular weight excluding hydrogens is 274 g/mol. The monoisotopic (exact) mass is 291 g/mol. The molecule has 0 saturated heterocycles. The van der Waals surface area contributed by atoms with Crippen LogP contribution in [0.3, 0.4) is 0 Å². The van der Waals surface area contributed by atoms with Gasteiger partial charge in [-0.25, -0.2) is 4.79 Å². The van der Waals surface area contributed by atoms with E-state index in [4.69, 9.17) is 9.84 Å². The Balaban J connectivity index is 2.00. The molecule has 20 heavy (non-hydrogen) atoms. The summed E-state index contributed by atoms with van der Waals surface area (Å²) in [6.07, 6.45) is 0. The number of para-hydroxylation sites is 1. The molecule has 4 nitrogen and oxygen atoms in total. The first kappa shape index (κ1) is 14.6. The predicted molar refractivity (Wildman–Crippen MR) is 80.4 cm³/mol. The number of rotatable bonds is 7. The maximum absolute atomic E-state index is 10.8. The van der Waals surface area contributed by atoms with Crippen LogP contribution in [0.4, 0.5) is 5.69 Å². The molecule has 1 heterocycles. The number of benzene rings is 1. The summed E-state index contributed by atoms with van der Waals surface area (Å²) in [4.78, 5) is 11.8. The minimum atomic E-state index is -0.885. The fourth-order valence-electron chi connectivity index (χ4n) is 1.80. The van der Waals surface area contributed by atoms with E-state index in [1.807, 2.05) is 31.2 Å². The molecule has 106 valence electrons. The van der Waals surface area contributed by atoms with Gasteiger partial charge in [-0.05, 0) is 19.1 Å². The lowest BCUT2D eigenvalue weighted by atomic mass is 10.2. The van der Waals surface area contributed by atoms with Crippen molar-refractivity contribution in [2.45, 2.75) is 20.1 Å². The second kappa shape index (κ2) is 7.07. The van der Waals surface area contributed by atoms with Crippen molar-refractivity contribution in [3.8, 4) is 0 Å². The van der Waals surface area contributed by atoms with Crippen molar-refractivity contribution in [3.05, 3.63) is 51.7 Å². The molecular formula is C15H17NO3S. The van der Waals surface area contributed by atoms with Gasteiger partial charge in [-0.3, -0.25) is 0 Å². The van der Waals surface area contributed by atoms with Gasteiger partial charge in [0.15, 0.2) is 0 Å². The van der Waals surface area contributed by atoms with Crippen LogP contribution in [0, 0.1) is 0 Å². The Hall–Kier alpha value is -1.85. The van der Waals surface area contributed by atoms with E-state index in [1.54, 1.807) is 11.4 Å². The Morgan fingerprint density at radius 1 is 1.40 bits per heavy atom. The van der Waals surface area contributed by atoms with E-state index in [-0.39, 0.29) is 0 Å². The molecule has 0 radical (unpaired) electrons. The van der Waals surface area contributed by atoms with Crippen molar-refractivity contribution in [1.82, 2.24) is 0 Å². The van der Waals surface area contributed by atoms with Crippen LogP contribution in [0.25, 0.3) is 0 Å². The van der Waals surface area contributed by atoms with Crippen LogP contribution in [0.1, 0.15) is 27.7 Å². The second-order valence-corrected chi connectivity index (χ2v) is 5.25. The number of aromatic carboxylic acids is 1. The number of nitrogens with one attached hydrogen (secondary N) is 1. The van der Waals surface area contributed by atoms with Crippen LogP contribution in [0.2, 0.25) is 0 Å². The van der Waals surface area contributed by atoms with Gasteiger partial charge in [0, 0.05) is 34.7 Å². The maximum Gasteiger partial charge on any atom is 0.336 e. The van der Waals surface area contributed by atoms with Crippen LogP contribution in [-0.2, 0) is 17.9 Å². The van der Waals surface area contributed by atoms with Crippen molar-refractivity contribution < 1.29 is 14.6 Å². The number of carboxylic acids is 1. The predicted octanol–water partition coefficient (Wildman–Crippen LogP) is 3.59. The van der Waals surface area contributed by atoms with Crippen molar-refractivity contribution in [2.75, 3.05) is 11.9 Å². The fourth-order valence-corrected chi connectivity index (χ4v) is 2.60. The summed E-state index contributed by atoms with van der Waals surface area (Å²) in [5.41, 5.74) is 2.46. The molecule has 0 amide bonds. The van der Waals surface area contributed by atoms with E-state index in [0.29, 0.717) is 25.3 Å². The third-order valence-electron chi connectivity index (χ3n) is 2.83. The van der Waals surface area contributed by atoms with E-state index in [2.05, 4.69) is 5.32 Å². The van der Waals surface area contributed by atoms with Crippen molar-refractivity contribution in [1.29, 1.82) is 0 Å². The summed E-state index contributed by atoms with van der Waals surface area (Å²) in [6, 6.07) is 9.67. The molecule has 0 unspecified atom stereocenters. The second-order valence-electron chi connectivity index (χ2n) is 4.25. The van der Waals surface area contributed by atoms with Gasteiger partial charge < -0.3 is 15.2 Å². The van der Waals surface area contributed by atoms with Gasteiger partial charge in [-0.2, -0.15) is 0 Å². The fraction of sp³-hybridized carbons (Fsp3) is 0.267. The van der Waals surface area contributed by atoms with Gasteiger partial charge in [-0.15, -0.1) is 11.3 Å². The molecule has 1 aromatic carbocycles. The third-order valence-corrected chi connectivity index (χ3v) is 3.77. The van der Waals surface area contributed by atoms with Crippen LogP contribution in [0.5, 0.6) is 0 Å². The van der Waals surface area contributed by atoms with Crippen molar-refractivity contribution >= 4 is 23.0 Å². The van der Waals surface area contributed by atoms with Crippen LogP contribution >= 0.6 is 11.3 Å². The third kappa shape index (κ3) is 3.82. The number of anilines is 1. The van der Waals surface area contributed by atoms with Crippen molar-refractivity contribution in [3.63, 3.8) is 0 Å². The number of carbonyl (C=O) groups is 1. The Morgan fingerprint density at radius 3 is 2.90 bits per heavy atom. The highest BCUT2D eigenvalue weighted by atomic mass is 32.1. The summed E-state index contributed by atoms with van der Waals surface area (Å²) in [5, 5.41) is 13.9. The Labute approximate surface area is 122 Å². The first-order chi connectivity index (χ1) is 9.70. The topological polar surface area (TPSA) is 58.6 Å². The average molecular weight is 291 g/mol. The average Bonchev–Trinajstić information content (AvgIpc) is 2.93. The molecule has 0 aliphatic carbocycles. The van der Waals surface area contributed by atoms with E-state index in [9.17, 15) is 4.79 Å². The number of carboxylic acid groups (broad SMARTS) is 1. The SMILES string of the molecule is CCOCc1ccccc1NCc1cc(C(=O)O)cs1. The van der Waals surface area contributed by atoms with E-state index >= 15 is 0 Å². The van der Waals surface area contributed by atoms with Gasteiger partial charge >= 0.3 is 5.97 Å². The molecule has 0 spiro atoms. The molecule has 0 aliphatic heterocycles. The Morgan fingerprint density at radius 2 is 2.20 bits per heavy atom. The summed E-state index contributed by atoms with van der Waals surface area (Å²) >= 11 is 1.45. The first-order valence-electron chi connectivity index (χ1n) is 6.41. The molecule has 2 aromatic rings. The van der Waals surface area contributed by atoms with E-state index in [0.717, 1.165) is 16.1 Å². The van der Waals surface area contributed by atoms with Gasteiger partial charge in [0.05, 0.1) is 12.2 Å². The minimum Gasteiger partial charge on any atom is -0.478 e. The maximum atomic E-state index is 10.8. The summed E-state index contributed by atoms with van der Waals surface area (Å²) in [7, 11) is 0. The lowest BCUT2D eigenvalue weighted by Crippen LogP contribution is -2.02.